The Bertz CT molecular complexity index is 1680. The van der Waals surface area contributed by atoms with Crippen molar-refractivity contribution in [1.82, 2.24) is 9.38 Å². The zero-order valence-corrected chi connectivity index (χ0v) is 21.8. The van der Waals surface area contributed by atoms with Crippen molar-refractivity contribution in [2.75, 3.05) is 7.11 Å². The lowest BCUT2D eigenvalue weighted by molar-refractivity contribution is 0.284. The summed E-state index contributed by atoms with van der Waals surface area (Å²) in [5, 5.41) is 0.647. The van der Waals surface area contributed by atoms with E-state index >= 15 is 0 Å². The van der Waals surface area contributed by atoms with Crippen molar-refractivity contribution in [1.29, 1.82) is 0 Å². The van der Waals surface area contributed by atoms with Crippen molar-refractivity contribution in [3.05, 3.63) is 95.2 Å². The quantitative estimate of drug-likeness (QED) is 0.264. The van der Waals surface area contributed by atoms with E-state index in [4.69, 9.17) is 21.1 Å². The molecule has 34 heavy (non-hydrogen) atoms. The molecule has 0 saturated heterocycles. The summed E-state index contributed by atoms with van der Waals surface area (Å²) in [5.41, 5.74) is 5.56. The van der Waals surface area contributed by atoms with Crippen LogP contribution in [0.3, 0.4) is 0 Å². The lowest BCUT2D eigenvalue weighted by Gasteiger charge is -2.13. The Morgan fingerprint density at radius 3 is 2.65 bits per heavy atom. The molecule has 5 rings (SSSR count). The topological polar surface area (TPSA) is 52.8 Å². The minimum atomic E-state index is -0.0873. The number of rotatable bonds is 5. The fourth-order valence-electron chi connectivity index (χ4n) is 3.76. The molecule has 0 spiro atoms. The van der Waals surface area contributed by atoms with Gasteiger partial charge in [-0.1, -0.05) is 57.1 Å². The minimum absolute atomic E-state index is 0.0873. The number of aromatic nitrogens is 2. The first kappa shape index (κ1) is 22.9. The molecule has 2 heterocycles. The molecule has 0 bridgehead atoms. The molecule has 5 nitrogen and oxygen atoms in total. The average Bonchev–Trinajstić information content (AvgIpc) is 3.30. The number of aryl methyl sites for hydroxylation is 2. The Balaban J connectivity index is 1.54. The highest BCUT2D eigenvalue weighted by atomic mass is 79.9. The van der Waals surface area contributed by atoms with Crippen molar-refractivity contribution >= 4 is 60.9 Å². The Labute approximate surface area is 213 Å². The number of halogens is 2. The zero-order chi connectivity index (χ0) is 24.0. The maximum atomic E-state index is 13.2. The molecule has 172 valence electrons. The maximum Gasteiger partial charge on any atom is 0.274 e. The monoisotopic (exact) mass is 554 g/mol. The van der Waals surface area contributed by atoms with Crippen LogP contribution in [0.15, 0.2) is 57.8 Å². The van der Waals surface area contributed by atoms with E-state index in [0.717, 1.165) is 37.8 Å². The van der Waals surface area contributed by atoms with Crippen LogP contribution in [0.25, 0.3) is 22.1 Å². The van der Waals surface area contributed by atoms with Crippen LogP contribution < -0.4 is 19.6 Å². The smallest absolute Gasteiger partial charge is 0.274 e. The lowest BCUT2D eigenvalue weighted by Crippen LogP contribution is -2.22. The second-order valence-electron chi connectivity index (χ2n) is 7.98. The molecule has 0 aliphatic rings. The first-order chi connectivity index (χ1) is 16.4. The molecule has 3 aromatic carbocycles. The summed E-state index contributed by atoms with van der Waals surface area (Å²) in [6.07, 6.45) is 1.85. The number of hydrogen-bond donors (Lipinski definition) is 0. The number of ether oxygens (including phenoxy) is 2. The number of benzene rings is 3. The highest BCUT2D eigenvalue weighted by Gasteiger charge is 2.14. The van der Waals surface area contributed by atoms with Crippen molar-refractivity contribution in [3.63, 3.8) is 0 Å². The number of hydrogen-bond acceptors (Lipinski definition) is 5. The maximum absolute atomic E-state index is 13.2. The summed E-state index contributed by atoms with van der Waals surface area (Å²) >= 11 is 11.2. The van der Waals surface area contributed by atoms with Crippen LogP contribution in [0.5, 0.6) is 11.5 Å². The van der Waals surface area contributed by atoms with E-state index in [1.807, 2.05) is 68.5 Å². The second-order valence-corrected chi connectivity index (χ2v) is 10.2. The third kappa shape index (κ3) is 4.08. The highest BCUT2D eigenvalue weighted by molar-refractivity contribution is 9.10. The van der Waals surface area contributed by atoms with Crippen LogP contribution in [0.1, 0.15) is 22.3 Å². The fourth-order valence-corrected chi connectivity index (χ4v) is 5.37. The van der Waals surface area contributed by atoms with Gasteiger partial charge in [-0.25, -0.2) is 9.38 Å². The van der Waals surface area contributed by atoms with Crippen LogP contribution in [0, 0.1) is 13.8 Å². The van der Waals surface area contributed by atoms with Gasteiger partial charge in [-0.2, -0.15) is 0 Å². The van der Waals surface area contributed by atoms with Gasteiger partial charge in [0.1, 0.15) is 6.61 Å². The van der Waals surface area contributed by atoms with Crippen LogP contribution in [-0.2, 0) is 6.61 Å². The van der Waals surface area contributed by atoms with Gasteiger partial charge in [-0.05, 0) is 66.9 Å². The highest BCUT2D eigenvalue weighted by Crippen LogP contribution is 2.35. The van der Waals surface area contributed by atoms with Gasteiger partial charge in [0.05, 0.1) is 22.7 Å². The van der Waals surface area contributed by atoms with Gasteiger partial charge in [0.15, 0.2) is 16.5 Å². The predicted molar refractivity (Wildman–Crippen MR) is 142 cm³/mol. The van der Waals surface area contributed by atoms with Gasteiger partial charge < -0.3 is 9.47 Å². The second kappa shape index (κ2) is 9.06. The normalized spacial score (nSPS) is 12.1. The number of imidazole rings is 1. The van der Waals surface area contributed by atoms with E-state index < -0.39 is 0 Å². The fraction of sp³-hybridized carbons (Fsp3) is 0.154. The van der Waals surface area contributed by atoms with Gasteiger partial charge in [-0.3, -0.25) is 4.79 Å². The minimum Gasteiger partial charge on any atom is -0.493 e. The summed E-state index contributed by atoms with van der Waals surface area (Å²) < 4.78 is 14.6. The van der Waals surface area contributed by atoms with Crippen molar-refractivity contribution in [2.24, 2.45) is 0 Å². The summed E-state index contributed by atoms with van der Waals surface area (Å²) in [5.74, 6) is 1.14. The van der Waals surface area contributed by atoms with Crippen molar-refractivity contribution < 1.29 is 9.47 Å². The Morgan fingerprint density at radius 2 is 1.88 bits per heavy atom. The molecule has 0 aliphatic carbocycles. The number of nitrogens with zero attached hydrogens (tertiary/aromatic N) is 2. The first-order valence-electron chi connectivity index (χ1n) is 10.5. The van der Waals surface area contributed by atoms with Crippen LogP contribution in [-0.4, -0.2) is 16.5 Å². The van der Waals surface area contributed by atoms with E-state index in [1.165, 1.54) is 11.3 Å². The molecule has 0 unspecified atom stereocenters. The Kier molecular flexibility index (Phi) is 6.10. The number of fused-ring (bicyclic) bond motifs is 3. The van der Waals surface area contributed by atoms with E-state index in [1.54, 1.807) is 11.5 Å². The lowest BCUT2D eigenvalue weighted by atomic mass is 10.1. The summed E-state index contributed by atoms with van der Waals surface area (Å²) in [6.45, 7) is 4.40. The molecule has 0 saturated carbocycles. The van der Waals surface area contributed by atoms with Gasteiger partial charge in [0.2, 0.25) is 0 Å². The molecular weight excluding hydrogens is 536 g/mol. The molecule has 0 fully saturated rings. The van der Waals surface area contributed by atoms with Gasteiger partial charge in [-0.15, -0.1) is 0 Å². The van der Waals surface area contributed by atoms with E-state index in [2.05, 4.69) is 20.9 Å². The number of methoxy groups -OCH3 is 1. The average molecular weight is 556 g/mol. The summed E-state index contributed by atoms with van der Waals surface area (Å²) in [7, 11) is 1.59. The first-order valence-corrected chi connectivity index (χ1v) is 12.5. The van der Waals surface area contributed by atoms with Crippen molar-refractivity contribution in [2.45, 2.75) is 20.5 Å². The van der Waals surface area contributed by atoms with Gasteiger partial charge >= 0.3 is 0 Å². The standard InChI is InChI=1S/C26H20BrClN2O3S/c1-14-8-20-21(9-15(14)2)30-25(31)24(34-26(30)29-20)11-17-10-22(32-3)23(12-18(17)27)33-13-16-6-4-5-7-19(16)28/h4-12H,13H2,1-3H3/b24-11-. The molecule has 0 atom stereocenters. The molecule has 2 aromatic heterocycles. The number of thiazole rings is 1. The third-order valence-corrected chi connectivity index (χ3v) is 7.79. The van der Waals surface area contributed by atoms with E-state index in [-0.39, 0.29) is 5.56 Å². The molecule has 5 aromatic rings. The summed E-state index contributed by atoms with van der Waals surface area (Å²) in [6, 6.07) is 15.3. The third-order valence-electron chi connectivity index (χ3n) is 5.76. The summed E-state index contributed by atoms with van der Waals surface area (Å²) in [4.78, 5) is 18.6. The van der Waals surface area contributed by atoms with E-state index in [0.29, 0.717) is 32.6 Å². The molecule has 0 N–H and O–H groups in total. The molecular formula is C26H20BrClN2O3S. The van der Waals surface area contributed by atoms with Gasteiger partial charge in [0.25, 0.3) is 5.56 Å². The molecule has 8 heteroatoms. The van der Waals surface area contributed by atoms with E-state index in [9.17, 15) is 4.79 Å². The SMILES string of the molecule is COc1cc(/C=c2\sc3nc4cc(C)c(C)cc4n3c2=O)c(Br)cc1OCc1ccccc1Cl. The Morgan fingerprint density at radius 1 is 1.12 bits per heavy atom. The van der Waals surface area contributed by atoms with Crippen LogP contribution in [0.4, 0.5) is 0 Å². The van der Waals surface area contributed by atoms with Crippen LogP contribution >= 0.6 is 38.9 Å². The predicted octanol–water partition coefficient (Wildman–Crippen LogP) is 6.08. The molecule has 0 amide bonds. The molecule has 0 radical (unpaired) electrons. The zero-order valence-electron chi connectivity index (χ0n) is 18.7. The van der Waals surface area contributed by atoms with Crippen molar-refractivity contribution in [3.8, 4) is 11.5 Å². The van der Waals surface area contributed by atoms with Gasteiger partial charge in [0, 0.05) is 15.1 Å². The van der Waals surface area contributed by atoms with Crippen LogP contribution in [0.2, 0.25) is 5.02 Å². The largest absolute Gasteiger partial charge is 0.493 e. The Hall–Kier alpha value is -2.87. The molecule has 0 aliphatic heterocycles.